The van der Waals surface area contributed by atoms with E-state index in [1.165, 1.54) is 19.3 Å². The standard InChI is InChI=1S/C33H40N2O3/c1-32-19-17-23(30(36)35-34-25-11-7-4-8-12-25)21-24(32)13-14-26-27-15-16-29(33(27,2)20-18-28(26)32)38-31(37)22-9-5-3-6-10-22/h3-12,17,24,26-29,34H,13-16,18-21H2,1-2H3,(H,35,36)/t24?,26-,27-,28-,29?,32-,33-/m0/s1. The number of allylic oxidation sites excluding steroid dienone is 1. The average molecular weight is 513 g/mol. The average Bonchev–Trinajstić information content (AvgIpc) is 3.28. The molecule has 2 N–H and O–H groups in total. The molecule has 4 aliphatic rings. The molecular weight excluding hydrogens is 472 g/mol. The van der Waals surface area contributed by atoms with E-state index in [1.54, 1.807) is 0 Å². The van der Waals surface area contributed by atoms with Crippen molar-refractivity contribution in [3.05, 3.63) is 77.9 Å². The topological polar surface area (TPSA) is 67.4 Å². The summed E-state index contributed by atoms with van der Waals surface area (Å²) in [5, 5.41) is 0. The van der Waals surface area contributed by atoms with Crippen molar-refractivity contribution in [2.75, 3.05) is 5.43 Å². The summed E-state index contributed by atoms with van der Waals surface area (Å²) in [4.78, 5) is 25.9. The fraction of sp³-hybridized carbons (Fsp3) is 0.515. The molecule has 0 spiro atoms. The van der Waals surface area contributed by atoms with Gasteiger partial charge in [0.2, 0.25) is 0 Å². The lowest BCUT2D eigenvalue weighted by Crippen LogP contribution is -2.53. The number of esters is 1. The summed E-state index contributed by atoms with van der Waals surface area (Å²) in [5.41, 5.74) is 8.70. The van der Waals surface area contributed by atoms with Gasteiger partial charge in [-0.15, -0.1) is 0 Å². The van der Waals surface area contributed by atoms with Crippen LogP contribution in [0.2, 0.25) is 0 Å². The molecule has 0 bridgehead atoms. The van der Waals surface area contributed by atoms with Gasteiger partial charge in [-0.2, -0.15) is 0 Å². The smallest absolute Gasteiger partial charge is 0.338 e. The van der Waals surface area contributed by atoms with Crippen molar-refractivity contribution >= 4 is 17.6 Å². The minimum Gasteiger partial charge on any atom is -0.458 e. The number of nitrogens with one attached hydrogen (secondary N) is 2. The monoisotopic (exact) mass is 512 g/mol. The third-order valence-electron chi connectivity index (χ3n) is 10.9. The van der Waals surface area contributed by atoms with Crippen molar-refractivity contribution in [2.45, 2.75) is 71.3 Å². The number of carbonyl (C=O) groups is 2. The summed E-state index contributed by atoms with van der Waals surface area (Å²) in [5.74, 6) is 2.32. The molecule has 4 aliphatic carbocycles. The lowest BCUT2D eigenvalue weighted by molar-refractivity contribution is -0.121. The number of rotatable bonds is 5. The molecule has 6 rings (SSSR count). The Kier molecular flexibility index (Phi) is 6.57. The van der Waals surface area contributed by atoms with Gasteiger partial charge in [0, 0.05) is 11.0 Å². The highest BCUT2D eigenvalue weighted by atomic mass is 16.5. The van der Waals surface area contributed by atoms with Gasteiger partial charge in [0.05, 0.1) is 11.3 Å². The number of anilines is 1. The van der Waals surface area contributed by atoms with Crippen LogP contribution in [-0.4, -0.2) is 18.0 Å². The minimum absolute atomic E-state index is 0.00495. The van der Waals surface area contributed by atoms with Crippen LogP contribution in [0, 0.1) is 34.5 Å². The molecule has 3 saturated carbocycles. The van der Waals surface area contributed by atoms with E-state index in [0.717, 1.165) is 43.4 Å². The SMILES string of the molecule is C[C@]12CC=C(C(=O)NNc3ccccc3)CC1CC[C@@H]1[C@@H]2CC[C@]2(C)C(OC(=O)c3ccccc3)CC[C@@H]12. The van der Waals surface area contributed by atoms with Crippen molar-refractivity contribution < 1.29 is 14.3 Å². The van der Waals surface area contributed by atoms with Crippen LogP contribution in [0.25, 0.3) is 0 Å². The number of amides is 1. The Balaban J connectivity index is 1.13. The molecule has 0 radical (unpaired) electrons. The summed E-state index contributed by atoms with van der Waals surface area (Å²) < 4.78 is 6.18. The molecule has 0 aliphatic heterocycles. The van der Waals surface area contributed by atoms with E-state index >= 15 is 0 Å². The zero-order valence-electron chi connectivity index (χ0n) is 22.6. The summed E-state index contributed by atoms with van der Waals surface area (Å²) in [6.45, 7) is 4.88. The maximum absolute atomic E-state index is 13.0. The van der Waals surface area contributed by atoms with Crippen LogP contribution in [0.4, 0.5) is 5.69 Å². The zero-order chi connectivity index (χ0) is 26.3. The second-order valence-electron chi connectivity index (χ2n) is 12.6. The van der Waals surface area contributed by atoms with Crippen molar-refractivity contribution in [1.82, 2.24) is 5.43 Å². The second kappa shape index (κ2) is 9.91. The van der Waals surface area contributed by atoms with Gasteiger partial charge in [-0.05, 0) is 105 Å². The summed E-state index contributed by atoms with van der Waals surface area (Å²) in [7, 11) is 0. The first-order chi connectivity index (χ1) is 18.4. The largest absolute Gasteiger partial charge is 0.458 e. The molecule has 38 heavy (non-hydrogen) atoms. The van der Waals surface area contributed by atoms with Crippen LogP contribution in [-0.2, 0) is 9.53 Å². The van der Waals surface area contributed by atoms with Crippen LogP contribution in [0.3, 0.4) is 0 Å². The van der Waals surface area contributed by atoms with Crippen molar-refractivity contribution in [1.29, 1.82) is 0 Å². The fourth-order valence-electron chi connectivity index (χ4n) is 8.71. The van der Waals surface area contributed by atoms with Gasteiger partial charge in [-0.25, -0.2) is 4.79 Å². The Labute approximate surface area is 226 Å². The van der Waals surface area contributed by atoms with Crippen molar-refractivity contribution in [3.8, 4) is 0 Å². The molecule has 7 atom stereocenters. The van der Waals surface area contributed by atoms with E-state index in [-0.39, 0.29) is 28.8 Å². The number of fused-ring (bicyclic) bond motifs is 5. The molecule has 2 unspecified atom stereocenters. The molecule has 5 heteroatoms. The van der Waals surface area contributed by atoms with Gasteiger partial charge in [-0.3, -0.25) is 15.6 Å². The quantitative estimate of drug-likeness (QED) is 0.337. The summed E-state index contributed by atoms with van der Waals surface area (Å²) in [6.07, 6.45) is 10.9. The lowest BCUT2D eigenvalue weighted by atomic mass is 9.45. The first-order valence-corrected chi connectivity index (χ1v) is 14.4. The van der Waals surface area contributed by atoms with Crippen molar-refractivity contribution in [2.24, 2.45) is 34.5 Å². The van der Waals surface area contributed by atoms with Gasteiger partial charge >= 0.3 is 5.97 Å². The van der Waals surface area contributed by atoms with Gasteiger partial charge in [0.25, 0.3) is 5.91 Å². The molecular formula is C33H40N2O3. The molecule has 0 saturated heterocycles. The first-order valence-electron chi connectivity index (χ1n) is 14.4. The Morgan fingerprint density at radius 1 is 0.842 bits per heavy atom. The predicted octanol–water partition coefficient (Wildman–Crippen LogP) is 6.93. The number of ether oxygens (including phenoxy) is 1. The summed E-state index contributed by atoms with van der Waals surface area (Å²) >= 11 is 0. The Morgan fingerprint density at radius 3 is 2.32 bits per heavy atom. The Morgan fingerprint density at radius 2 is 1.55 bits per heavy atom. The Hall–Kier alpha value is -3.08. The normalized spacial score (nSPS) is 35.6. The number of hydrogen-bond donors (Lipinski definition) is 2. The zero-order valence-corrected chi connectivity index (χ0v) is 22.6. The molecule has 3 fully saturated rings. The molecule has 1 amide bonds. The number of carbonyl (C=O) groups excluding carboxylic acids is 2. The van der Waals surface area contributed by atoms with Crippen LogP contribution in [0.1, 0.15) is 75.6 Å². The van der Waals surface area contributed by atoms with Gasteiger partial charge < -0.3 is 4.74 Å². The molecule has 2 aromatic rings. The first kappa shape index (κ1) is 25.2. The van der Waals surface area contributed by atoms with Crippen LogP contribution in [0.15, 0.2) is 72.3 Å². The highest BCUT2D eigenvalue weighted by Gasteiger charge is 2.60. The highest BCUT2D eigenvalue weighted by molar-refractivity contribution is 5.94. The fourth-order valence-corrected chi connectivity index (χ4v) is 8.71. The second-order valence-corrected chi connectivity index (χ2v) is 12.6. The molecule has 0 heterocycles. The third kappa shape index (κ3) is 4.34. The number of para-hydroxylation sites is 1. The summed E-state index contributed by atoms with van der Waals surface area (Å²) in [6, 6.07) is 19.2. The highest BCUT2D eigenvalue weighted by Crippen LogP contribution is 2.66. The maximum atomic E-state index is 13.0. The molecule has 200 valence electrons. The maximum Gasteiger partial charge on any atom is 0.338 e. The predicted molar refractivity (Wildman–Crippen MR) is 149 cm³/mol. The van der Waals surface area contributed by atoms with E-state index < -0.39 is 0 Å². The molecule has 5 nitrogen and oxygen atoms in total. The van der Waals surface area contributed by atoms with Gasteiger partial charge in [-0.1, -0.05) is 56.3 Å². The van der Waals surface area contributed by atoms with Crippen LogP contribution in [0.5, 0.6) is 0 Å². The number of hydrogen-bond acceptors (Lipinski definition) is 4. The minimum atomic E-state index is -0.180. The van der Waals surface area contributed by atoms with E-state index in [4.69, 9.17) is 4.74 Å². The molecule has 2 aromatic carbocycles. The number of hydrazine groups is 1. The Bertz CT molecular complexity index is 1210. The number of benzene rings is 2. The van der Waals surface area contributed by atoms with Gasteiger partial charge in [0.1, 0.15) is 6.10 Å². The van der Waals surface area contributed by atoms with E-state index in [1.807, 2.05) is 60.7 Å². The van der Waals surface area contributed by atoms with E-state index in [0.29, 0.717) is 29.2 Å². The van der Waals surface area contributed by atoms with Crippen molar-refractivity contribution in [3.63, 3.8) is 0 Å². The molecule has 0 aromatic heterocycles. The van der Waals surface area contributed by atoms with Gasteiger partial charge in [0.15, 0.2) is 0 Å². The van der Waals surface area contributed by atoms with Crippen LogP contribution >= 0.6 is 0 Å². The van der Waals surface area contributed by atoms with E-state index in [9.17, 15) is 9.59 Å². The van der Waals surface area contributed by atoms with E-state index in [2.05, 4.69) is 30.8 Å². The third-order valence-corrected chi connectivity index (χ3v) is 10.9. The lowest BCUT2D eigenvalue weighted by Gasteiger charge is -2.59. The van der Waals surface area contributed by atoms with Crippen LogP contribution < -0.4 is 10.9 Å².